The van der Waals surface area contributed by atoms with Crippen LogP contribution in [0, 0.1) is 0 Å². The van der Waals surface area contributed by atoms with Crippen molar-refractivity contribution in [2.24, 2.45) is 0 Å². The molecule has 2 aromatic heterocycles. The van der Waals surface area contributed by atoms with Gasteiger partial charge in [0.05, 0.1) is 5.52 Å². The summed E-state index contributed by atoms with van der Waals surface area (Å²) in [6, 6.07) is 16.6. The van der Waals surface area contributed by atoms with Gasteiger partial charge < -0.3 is 15.4 Å². The summed E-state index contributed by atoms with van der Waals surface area (Å²) >= 11 is 0. The monoisotopic (exact) mass is 317 g/mol. The van der Waals surface area contributed by atoms with Crippen LogP contribution in [0.5, 0.6) is 5.75 Å². The topological polar surface area (TPSA) is 78.0 Å². The molecule has 5 heteroatoms. The molecule has 4 rings (SSSR count). The molecule has 24 heavy (non-hydrogen) atoms. The van der Waals surface area contributed by atoms with Crippen molar-refractivity contribution >= 4 is 27.7 Å². The average Bonchev–Trinajstić information content (AvgIpc) is 2.99. The van der Waals surface area contributed by atoms with Gasteiger partial charge >= 0.3 is 0 Å². The second kappa shape index (κ2) is 5.70. The molecule has 0 saturated heterocycles. The number of phenols is 1. The Bertz CT molecular complexity index is 1040. The van der Waals surface area contributed by atoms with Crippen molar-refractivity contribution in [3.05, 3.63) is 72.1 Å². The molecule has 0 aliphatic heterocycles. The fraction of sp³-hybridized carbons (Fsp3) is 0.0526. The highest BCUT2D eigenvalue weighted by atomic mass is 16.3. The molecule has 3 N–H and O–H groups in total. The Labute approximate surface area is 138 Å². The first kappa shape index (κ1) is 14.3. The molecule has 0 radical (unpaired) electrons. The van der Waals surface area contributed by atoms with Gasteiger partial charge in [-0.15, -0.1) is 0 Å². The number of aromatic nitrogens is 2. The van der Waals surface area contributed by atoms with Gasteiger partial charge in [0, 0.05) is 29.0 Å². The summed E-state index contributed by atoms with van der Waals surface area (Å²) in [5, 5.41) is 14.2. The van der Waals surface area contributed by atoms with E-state index in [0.717, 1.165) is 27.4 Å². The van der Waals surface area contributed by atoms with Gasteiger partial charge in [-0.05, 0) is 29.8 Å². The number of benzene rings is 2. The molecule has 118 valence electrons. The first-order chi connectivity index (χ1) is 11.7. The Hall–Kier alpha value is -3.34. The fourth-order valence-electron chi connectivity index (χ4n) is 2.83. The quantitative estimate of drug-likeness (QED) is 0.542. The van der Waals surface area contributed by atoms with Gasteiger partial charge in [0.15, 0.2) is 5.69 Å². The van der Waals surface area contributed by atoms with Gasteiger partial charge in [-0.1, -0.05) is 30.3 Å². The molecule has 4 aromatic rings. The summed E-state index contributed by atoms with van der Waals surface area (Å²) in [6.45, 7) is 0.372. The van der Waals surface area contributed by atoms with E-state index in [4.69, 9.17) is 0 Å². The van der Waals surface area contributed by atoms with Crippen LogP contribution in [0.25, 0.3) is 21.8 Å². The molecular formula is C19H15N3O2. The smallest absolute Gasteiger partial charge is 0.272 e. The number of nitrogens with zero attached hydrogens (tertiary/aromatic N) is 1. The highest BCUT2D eigenvalue weighted by molar-refractivity contribution is 6.13. The van der Waals surface area contributed by atoms with Gasteiger partial charge in [0.2, 0.25) is 0 Å². The SMILES string of the molecule is O=C(NCc1ccc(O)cc1)c1nccc2c1[nH]c1ccccc12. The minimum Gasteiger partial charge on any atom is -0.508 e. The van der Waals surface area contributed by atoms with E-state index in [1.54, 1.807) is 30.5 Å². The van der Waals surface area contributed by atoms with Crippen molar-refractivity contribution in [2.45, 2.75) is 6.54 Å². The second-order valence-corrected chi connectivity index (χ2v) is 5.60. The maximum Gasteiger partial charge on any atom is 0.272 e. The molecule has 0 fully saturated rings. The third-order valence-corrected chi connectivity index (χ3v) is 4.03. The van der Waals surface area contributed by atoms with Crippen LogP contribution in [-0.4, -0.2) is 21.0 Å². The van der Waals surface area contributed by atoms with Crippen LogP contribution >= 0.6 is 0 Å². The van der Waals surface area contributed by atoms with Crippen molar-refractivity contribution in [3.63, 3.8) is 0 Å². The van der Waals surface area contributed by atoms with Gasteiger partial charge in [-0.2, -0.15) is 0 Å². The summed E-state index contributed by atoms with van der Waals surface area (Å²) in [5.74, 6) is -0.0326. The Morgan fingerprint density at radius 2 is 1.83 bits per heavy atom. The molecule has 0 bridgehead atoms. The van der Waals surface area contributed by atoms with Crippen LogP contribution in [0.3, 0.4) is 0 Å². The minimum atomic E-state index is -0.236. The molecule has 0 aliphatic carbocycles. The summed E-state index contributed by atoms with van der Waals surface area (Å²) in [6.07, 6.45) is 1.65. The van der Waals surface area contributed by atoms with E-state index < -0.39 is 0 Å². The second-order valence-electron chi connectivity index (χ2n) is 5.60. The lowest BCUT2D eigenvalue weighted by Crippen LogP contribution is -2.24. The van der Waals surface area contributed by atoms with Gasteiger partial charge in [0.25, 0.3) is 5.91 Å². The number of para-hydroxylation sites is 1. The van der Waals surface area contributed by atoms with Crippen LogP contribution in [0.1, 0.15) is 16.1 Å². The Morgan fingerprint density at radius 1 is 1.04 bits per heavy atom. The lowest BCUT2D eigenvalue weighted by molar-refractivity contribution is 0.0947. The molecule has 1 amide bonds. The van der Waals surface area contributed by atoms with E-state index in [-0.39, 0.29) is 11.7 Å². The van der Waals surface area contributed by atoms with E-state index in [0.29, 0.717) is 12.2 Å². The van der Waals surface area contributed by atoms with E-state index >= 15 is 0 Å². The Balaban J connectivity index is 1.65. The number of H-pyrrole nitrogens is 1. The summed E-state index contributed by atoms with van der Waals surface area (Å²) in [4.78, 5) is 20.1. The van der Waals surface area contributed by atoms with Gasteiger partial charge in [-0.3, -0.25) is 4.79 Å². The Kier molecular flexibility index (Phi) is 3.39. The first-order valence-electron chi connectivity index (χ1n) is 7.64. The number of nitrogens with one attached hydrogen (secondary N) is 2. The first-order valence-corrected chi connectivity index (χ1v) is 7.64. The molecular weight excluding hydrogens is 302 g/mol. The highest BCUT2D eigenvalue weighted by Gasteiger charge is 2.14. The van der Waals surface area contributed by atoms with E-state index in [2.05, 4.69) is 15.3 Å². The number of carbonyl (C=O) groups is 1. The van der Waals surface area contributed by atoms with E-state index in [9.17, 15) is 9.90 Å². The molecule has 0 saturated carbocycles. The van der Waals surface area contributed by atoms with Crippen LogP contribution < -0.4 is 5.32 Å². The molecule has 0 unspecified atom stereocenters. The largest absolute Gasteiger partial charge is 0.508 e. The minimum absolute atomic E-state index is 0.203. The number of aromatic hydroxyl groups is 1. The van der Waals surface area contributed by atoms with Crippen LogP contribution in [0.15, 0.2) is 60.8 Å². The molecule has 2 aromatic carbocycles. The standard InChI is InChI=1S/C19H15N3O2/c23-13-7-5-12(6-8-13)11-21-19(24)18-17-15(9-10-20-18)14-3-1-2-4-16(14)22-17/h1-10,22-23H,11H2,(H,21,24). The highest BCUT2D eigenvalue weighted by Crippen LogP contribution is 2.26. The predicted octanol–water partition coefficient (Wildman–Crippen LogP) is 3.35. The lowest BCUT2D eigenvalue weighted by Gasteiger charge is -2.06. The zero-order valence-electron chi connectivity index (χ0n) is 12.8. The van der Waals surface area contributed by atoms with Gasteiger partial charge in [-0.25, -0.2) is 4.98 Å². The normalized spacial score (nSPS) is 11.0. The molecule has 0 spiro atoms. The number of hydrogen-bond acceptors (Lipinski definition) is 3. The maximum atomic E-state index is 12.5. The van der Waals surface area contributed by atoms with Crippen LogP contribution in [0.2, 0.25) is 0 Å². The molecule has 0 atom stereocenters. The predicted molar refractivity (Wildman–Crippen MR) is 92.9 cm³/mol. The number of rotatable bonds is 3. The number of carbonyl (C=O) groups excluding carboxylic acids is 1. The third kappa shape index (κ3) is 2.46. The van der Waals surface area contributed by atoms with Crippen molar-refractivity contribution in [2.75, 3.05) is 0 Å². The number of aromatic amines is 1. The zero-order chi connectivity index (χ0) is 16.5. The van der Waals surface area contributed by atoms with Crippen LogP contribution in [-0.2, 0) is 6.54 Å². The summed E-state index contributed by atoms with van der Waals surface area (Å²) in [7, 11) is 0. The van der Waals surface area contributed by atoms with Gasteiger partial charge in [0.1, 0.15) is 5.75 Å². The van der Waals surface area contributed by atoms with Crippen LogP contribution in [0.4, 0.5) is 0 Å². The number of phenolic OH excluding ortho intramolecular Hbond substituents is 1. The zero-order valence-corrected chi connectivity index (χ0v) is 12.8. The van der Waals surface area contributed by atoms with Crippen molar-refractivity contribution in [3.8, 4) is 5.75 Å². The lowest BCUT2D eigenvalue weighted by atomic mass is 10.1. The number of amides is 1. The van der Waals surface area contributed by atoms with Crippen molar-refractivity contribution in [1.29, 1.82) is 0 Å². The number of fused-ring (bicyclic) bond motifs is 3. The number of pyridine rings is 1. The maximum absolute atomic E-state index is 12.5. The van der Waals surface area contributed by atoms with Crippen molar-refractivity contribution < 1.29 is 9.90 Å². The molecule has 5 nitrogen and oxygen atoms in total. The fourth-order valence-corrected chi connectivity index (χ4v) is 2.83. The molecule has 0 aliphatic rings. The summed E-state index contributed by atoms with van der Waals surface area (Å²) < 4.78 is 0. The van der Waals surface area contributed by atoms with Crippen molar-refractivity contribution in [1.82, 2.24) is 15.3 Å². The number of hydrogen-bond donors (Lipinski definition) is 3. The average molecular weight is 317 g/mol. The summed E-state index contributed by atoms with van der Waals surface area (Å²) in [5.41, 5.74) is 3.00. The molecule has 2 heterocycles. The van der Waals surface area contributed by atoms with E-state index in [1.807, 2.05) is 30.3 Å². The van der Waals surface area contributed by atoms with E-state index in [1.165, 1.54) is 0 Å². The third-order valence-electron chi connectivity index (χ3n) is 4.03. The Morgan fingerprint density at radius 3 is 2.67 bits per heavy atom.